The van der Waals surface area contributed by atoms with E-state index in [9.17, 15) is 4.79 Å². The molecule has 0 N–H and O–H groups in total. The SMILES string of the molecule is COC1=CC(=O)O[C@@H](/C=C/c2ccc3c(c2)OCO3)C1. The maximum Gasteiger partial charge on any atom is 0.334 e. The quantitative estimate of drug-likeness (QED) is 0.791. The summed E-state index contributed by atoms with van der Waals surface area (Å²) in [7, 11) is 1.54. The summed E-state index contributed by atoms with van der Waals surface area (Å²) in [6, 6.07) is 5.66. The molecule has 104 valence electrons. The molecule has 2 aliphatic heterocycles. The normalized spacial score (nSPS) is 20.8. The van der Waals surface area contributed by atoms with E-state index in [0.29, 0.717) is 12.2 Å². The van der Waals surface area contributed by atoms with Crippen molar-refractivity contribution in [3.05, 3.63) is 41.7 Å². The van der Waals surface area contributed by atoms with Gasteiger partial charge in [-0.1, -0.05) is 12.1 Å². The maximum atomic E-state index is 11.4. The van der Waals surface area contributed by atoms with E-state index in [-0.39, 0.29) is 18.9 Å². The first-order chi connectivity index (χ1) is 9.74. The van der Waals surface area contributed by atoms with Crippen LogP contribution in [0, 0.1) is 0 Å². The first-order valence-electron chi connectivity index (χ1n) is 6.27. The van der Waals surface area contributed by atoms with E-state index >= 15 is 0 Å². The van der Waals surface area contributed by atoms with Crippen LogP contribution in [0.1, 0.15) is 12.0 Å². The molecule has 0 aromatic heterocycles. The Morgan fingerprint density at radius 2 is 2.15 bits per heavy atom. The second kappa shape index (κ2) is 5.28. The van der Waals surface area contributed by atoms with Crippen molar-refractivity contribution >= 4 is 12.0 Å². The summed E-state index contributed by atoms with van der Waals surface area (Å²) in [6.07, 6.45) is 5.32. The van der Waals surface area contributed by atoms with Crippen molar-refractivity contribution in [2.24, 2.45) is 0 Å². The number of fused-ring (bicyclic) bond motifs is 1. The summed E-state index contributed by atoms with van der Waals surface area (Å²) in [6.45, 7) is 0.255. The fraction of sp³-hybridized carbons (Fsp3) is 0.267. The molecule has 0 radical (unpaired) electrons. The predicted octanol–water partition coefficient (Wildman–Crippen LogP) is 2.27. The lowest BCUT2D eigenvalue weighted by Gasteiger charge is -2.19. The Morgan fingerprint density at radius 3 is 3.00 bits per heavy atom. The van der Waals surface area contributed by atoms with Gasteiger partial charge in [-0.3, -0.25) is 0 Å². The average molecular weight is 274 g/mol. The van der Waals surface area contributed by atoms with Crippen molar-refractivity contribution in [3.63, 3.8) is 0 Å². The largest absolute Gasteiger partial charge is 0.501 e. The minimum Gasteiger partial charge on any atom is -0.501 e. The number of benzene rings is 1. The molecule has 3 rings (SSSR count). The average Bonchev–Trinajstić information content (AvgIpc) is 2.92. The van der Waals surface area contributed by atoms with Gasteiger partial charge in [-0.05, 0) is 23.8 Å². The zero-order valence-electron chi connectivity index (χ0n) is 11.0. The van der Waals surface area contributed by atoms with Crippen molar-refractivity contribution in [2.75, 3.05) is 13.9 Å². The van der Waals surface area contributed by atoms with Crippen molar-refractivity contribution in [2.45, 2.75) is 12.5 Å². The van der Waals surface area contributed by atoms with Crippen molar-refractivity contribution in [1.82, 2.24) is 0 Å². The first-order valence-corrected chi connectivity index (χ1v) is 6.27. The minimum absolute atomic E-state index is 0.255. The molecule has 0 fully saturated rings. The van der Waals surface area contributed by atoms with Crippen LogP contribution in [-0.4, -0.2) is 26.0 Å². The highest BCUT2D eigenvalue weighted by Crippen LogP contribution is 2.33. The third-order valence-corrected chi connectivity index (χ3v) is 3.11. The molecule has 1 aromatic carbocycles. The van der Waals surface area contributed by atoms with E-state index in [0.717, 1.165) is 17.1 Å². The Balaban J connectivity index is 1.71. The van der Waals surface area contributed by atoms with Gasteiger partial charge in [0.25, 0.3) is 0 Å². The summed E-state index contributed by atoms with van der Waals surface area (Å²) in [4.78, 5) is 11.4. The van der Waals surface area contributed by atoms with E-state index in [4.69, 9.17) is 18.9 Å². The Hall–Kier alpha value is -2.43. The number of rotatable bonds is 3. The monoisotopic (exact) mass is 274 g/mol. The second-order valence-electron chi connectivity index (χ2n) is 4.47. The van der Waals surface area contributed by atoms with E-state index in [1.54, 1.807) is 7.11 Å². The number of cyclic esters (lactones) is 1. The molecular weight excluding hydrogens is 260 g/mol. The summed E-state index contributed by atoms with van der Waals surface area (Å²) < 4.78 is 20.9. The molecule has 0 saturated heterocycles. The molecule has 2 heterocycles. The van der Waals surface area contributed by atoms with E-state index in [1.165, 1.54) is 6.08 Å². The Morgan fingerprint density at radius 1 is 1.30 bits per heavy atom. The van der Waals surface area contributed by atoms with Crippen LogP contribution in [0.5, 0.6) is 11.5 Å². The van der Waals surface area contributed by atoms with Crippen molar-refractivity contribution in [1.29, 1.82) is 0 Å². The molecule has 2 aliphatic rings. The molecule has 5 nitrogen and oxygen atoms in total. The number of esters is 1. The zero-order chi connectivity index (χ0) is 13.9. The van der Waals surface area contributed by atoms with Gasteiger partial charge in [0.1, 0.15) is 11.9 Å². The lowest BCUT2D eigenvalue weighted by molar-refractivity contribution is -0.142. The van der Waals surface area contributed by atoms with Crippen LogP contribution in [0.3, 0.4) is 0 Å². The topological polar surface area (TPSA) is 54.0 Å². The second-order valence-corrected chi connectivity index (χ2v) is 4.47. The van der Waals surface area contributed by atoms with Crippen LogP contribution in [0.15, 0.2) is 36.1 Å². The fourth-order valence-electron chi connectivity index (χ4n) is 2.10. The van der Waals surface area contributed by atoms with Crippen LogP contribution in [0.2, 0.25) is 0 Å². The minimum atomic E-state index is -0.381. The molecule has 1 aromatic rings. The van der Waals surface area contributed by atoms with Crippen LogP contribution in [0.25, 0.3) is 6.08 Å². The number of carbonyl (C=O) groups is 1. The highest BCUT2D eigenvalue weighted by molar-refractivity contribution is 5.83. The third kappa shape index (κ3) is 2.61. The highest BCUT2D eigenvalue weighted by Gasteiger charge is 2.20. The van der Waals surface area contributed by atoms with Crippen molar-refractivity contribution in [3.8, 4) is 11.5 Å². The van der Waals surface area contributed by atoms with Gasteiger partial charge >= 0.3 is 5.97 Å². The molecule has 20 heavy (non-hydrogen) atoms. The van der Waals surface area contributed by atoms with E-state index < -0.39 is 0 Å². The molecule has 5 heteroatoms. The summed E-state index contributed by atoms with van der Waals surface area (Å²) in [5.41, 5.74) is 0.957. The molecule has 0 amide bonds. The van der Waals surface area contributed by atoms with Crippen LogP contribution in [-0.2, 0) is 14.3 Å². The summed E-state index contributed by atoms with van der Waals surface area (Å²) >= 11 is 0. The number of hydrogen-bond donors (Lipinski definition) is 0. The predicted molar refractivity (Wildman–Crippen MR) is 71.2 cm³/mol. The molecule has 0 unspecified atom stereocenters. The maximum absolute atomic E-state index is 11.4. The van der Waals surface area contributed by atoms with E-state index in [2.05, 4.69) is 0 Å². The van der Waals surface area contributed by atoms with Crippen LogP contribution < -0.4 is 9.47 Å². The van der Waals surface area contributed by atoms with Gasteiger partial charge in [-0.15, -0.1) is 0 Å². The van der Waals surface area contributed by atoms with Gasteiger partial charge < -0.3 is 18.9 Å². The standard InChI is InChI=1S/C15H14O5/c1-17-12-7-11(20-15(16)8-12)4-2-10-3-5-13-14(6-10)19-9-18-13/h2-6,8,11H,7,9H2,1H3/b4-2+/t11-/m0/s1. The highest BCUT2D eigenvalue weighted by atomic mass is 16.7. The van der Waals surface area contributed by atoms with Gasteiger partial charge in [0.15, 0.2) is 11.5 Å². The lowest BCUT2D eigenvalue weighted by atomic mass is 10.1. The summed E-state index contributed by atoms with van der Waals surface area (Å²) in [5.74, 6) is 1.72. The number of ether oxygens (including phenoxy) is 4. The molecule has 0 aliphatic carbocycles. The molecular formula is C15H14O5. The Kier molecular flexibility index (Phi) is 3.33. The molecule has 1 atom stereocenters. The molecule has 0 bridgehead atoms. The number of carbonyl (C=O) groups excluding carboxylic acids is 1. The van der Waals surface area contributed by atoms with Gasteiger partial charge in [0, 0.05) is 6.42 Å². The Bertz CT molecular complexity index is 588. The van der Waals surface area contributed by atoms with Gasteiger partial charge in [0.05, 0.1) is 13.2 Å². The Labute approximate surface area is 116 Å². The molecule has 0 saturated carbocycles. The van der Waals surface area contributed by atoms with Crippen LogP contribution >= 0.6 is 0 Å². The lowest BCUT2D eigenvalue weighted by Crippen LogP contribution is -2.21. The van der Waals surface area contributed by atoms with Crippen LogP contribution in [0.4, 0.5) is 0 Å². The molecule has 0 spiro atoms. The van der Waals surface area contributed by atoms with E-state index in [1.807, 2.05) is 30.4 Å². The third-order valence-electron chi connectivity index (χ3n) is 3.11. The van der Waals surface area contributed by atoms with Gasteiger partial charge in [0.2, 0.25) is 6.79 Å². The smallest absolute Gasteiger partial charge is 0.334 e. The summed E-state index contributed by atoms with van der Waals surface area (Å²) in [5, 5.41) is 0. The van der Waals surface area contributed by atoms with Gasteiger partial charge in [-0.25, -0.2) is 4.79 Å². The fourth-order valence-corrected chi connectivity index (χ4v) is 2.10. The van der Waals surface area contributed by atoms with Gasteiger partial charge in [-0.2, -0.15) is 0 Å². The first kappa shape index (κ1) is 12.6. The number of hydrogen-bond acceptors (Lipinski definition) is 5. The zero-order valence-corrected chi connectivity index (χ0v) is 11.0. The number of methoxy groups -OCH3 is 1. The van der Waals surface area contributed by atoms with Crippen molar-refractivity contribution < 1.29 is 23.7 Å².